The zero-order valence-corrected chi connectivity index (χ0v) is 11.3. The van der Waals surface area contributed by atoms with E-state index in [2.05, 4.69) is 4.74 Å². The number of rotatable bonds is 5. The maximum atomic E-state index is 11.8. The quantitative estimate of drug-likeness (QED) is 0.747. The van der Waals surface area contributed by atoms with E-state index in [0.717, 1.165) is 0 Å². The summed E-state index contributed by atoms with van der Waals surface area (Å²) in [6, 6.07) is 3.12. The van der Waals surface area contributed by atoms with E-state index < -0.39 is 11.9 Å². The van der Waals surface area contributed by atoms with Gasteiger partial charge in [-0.15, -0.1) is 0 Å². The minimum atomic E-state index is -0.585. The predicted octanol–water partition coefficient (Wildman–Crippen LogP) is 1.21. The Morgan fingerprint density at radius 3 is 2.16 bits per heavy atom. The zero-order chi connectivity index (χ0) is 14.4. The predicted molar refractivity (Wildman–Crippen MR) is 66.6 cm³/mol. The average Bonchev–Trinajstić information content (AvgIpc) is 2.45. The van der Waals surface area contributed by atoms with E-state index in [-0.39, 0.29) is 17.7 Å². The lowest BCUT2D eigenvalue weighted by atomic mass is 10.0. The van der Waals surface area contributed by atoms with Crippen LogP contribution in [-0.2, 0) is 20.7 Å². The Kier molecular flexibility index (Phi) is 5.17. The Hall–Kier alpha value is -2.24. The monoisotopic (exact) mass is 268 g/mol. The van der Waals surface area contributed by atoms with Crippen LogP contribution < -0.4 is 9.47 Å². The van der Waals surface area contributed by atoms with Crippen molar-refractivity contribution in [3.63, 3.8) is 0 Å². The highest BCUT2D eigenvalue weighted by Gasteiger charge is 2.21. The van der Waals surface area contributed by atoms with Gasteiger partial charge >= 0.3 is 11.9 Å². The molecule has 0 bridgehead atoms. The number of hydrogen-bond donors (Lipinski definition) is 0. The van der Waals surface area contributed by atoms with Crippen molar-refractivity contribution in [3.8, 4) is 11.5 Å². The van der Waals surface area contributed by atoms with Gasteiger partial charge < -0.3 is 18.9 Å². The molecule has 0 atom stereocenters. The normalized spacial score (nSPS) is 9.68. The fraction of sp³-hybridized carbons (Fsp3) is 0.385. The minimum Gasteiger partial charge on any atom is -0.497 e. The smallest absolute Gasteiger partial charge is 0.341 e. The number of ether oxygens (including phenoxy) is 4. The van der Waals surface area contributed by atoms with Crippen LogP contribution in [0.1, 0.15) is 15.9 Å². The summed E-state index contributed by atoms with van der Waals surface area (Å²) in [7, 11) is 5.43. The second-order valence-corrected chi connectivity index (χ2v) is 3.61. The molecule has 0 N–H and O–H groups in total. The molecule has 0 spiro atoms. The summed E-state index contributed by atoms with van der Waals surface area (Å²) in [5.74, 6) is -0.299. The minimum absolute atomic E-state index is 0.0749. The Balaban J connectivity index is 3.36. The zero-order valence-electron chi connectivity index (χ0n) is 11.3. The largest absolute Gasteiger partial charge is 0.497 e. The first-order valence-electron chi connectivity index (χ1n) is 5.47. The Bertz CT molecular complexity index is 480. The lowest BCUT2D eigenvalue weighted by molar-refractivity contribution is -0.139. The third-order valence-corrected chi connectivity index (χ3v) is 2.56. The van der Waals surface area contributed by atoms with E-state index in [1.165, 1.54) is 28.4 Å². The second kappa shape index (κ2) is 6.63. The molecule has 104 valence electrons. The SMILES string of the molecule is COC(=O)Cc1cc(OC)cc(OC)c1C(=O)OC. The van der Waals surface area contributed by atoms with Gasteiger partial charge in [0.1, 0.15) is 17.1 Å². The summed E-state index contributed by atoms with van der Waals surface area (Å²) in [5, 5.41) is 0. The van der Waals surface area contributed by atoms with Crippen molar-refractivity contribution in [1.29, 1.82) is 0 Å². The van der Waals surface area contributed by atoms with Gasteiger partial charge in [0.15, 0.2) is 0 Å². The molecule has 0 amide bonds. The molecular formula is C13H16O6. The number of hydrogen-bond acceptors (Lipinski definition) is 6. The molecule has 0 aliphatic rings. The lowest BCUT2D eigenvalue weighted by Crippen LogP contribution is -2.13. The molecule has 19 heavy (non-hydrogen) atoms. The number of carbonyl (C=O) groups excluding carboxylic acids is 2. The molecule has 6 heteroatoms. The number of carbonyl (C=O) groups is 2. The van der Waals surface area contributed by atoms with Gasteiger partial charge in [-0.05, 0) is 11.6 Å². The first-order valence-corrected chi connectivity index (χ1v) is 5.47. The molecule has 6 nitrogen and oxygen atoms in total. The van der Waals surface area contributed by atoms with Gasteiger partial charge in [0, 0.05) is 6.07 Å². The Morgan fingerprint density at radius 2 is 1.68 bits per heavy atom. The highest BCUT2D eigenvalue weighted by atomic mass is 16.5. The van der Waals surface area contributed by atoms with Crippen molar-refractivity contribution in [2.45, 2.75) is 6.42 Å². The molecule has 1 aromatic carbocycles. The Labute approximate surface area is 111 Å². The number of esters is 2. The van der Waals surface area contributed by atoms with Gasteiger partial charge in [0.2, 0.25) is 0 Å². The molecule has 1 rings (SSSR count). The van der Waals surface area contributed by atoms with Crippen LogP contribution in [0.3, 0.4) is 0 Å². The van der Waals surface area contributed by atoms with Gasteiger partial charge in [-0.3, -0.25) is 4.79 Å². The topological polar surface area (TPSA) is 71.1 Å². The highest BCUT2D eigenvalue weighted by molar-refractivity contribution is 5.95. The summed E-state index contributed by atoms with van der Waals surface area (Å²) in [4.78, 5) is 23.2. The molecule has 0 heterocycles. The molecule has 0 unspecified atom stereocenters. The van der Waals surface area contributed by atoms with E-state index >= 15 is 0 Å². The molecule has 0 aliphatic heterocycles. The van der Waals surface area contributed by atoms with Crippen LogP contribution in [0.2, 0.25) is 0 Å². The molecule has 0 saturated heterocycles. The fourth-order valence-electron chi connectivity index (χ4n) is 1.62. The van der Waals surface area contributed by atoms with Crippen LogP contribution in [-0.4, -0.2) is 40.4 Å². The van der Waals surface area contributed by atoms with Crippen molar-refractivity contribution in [3.05, 3.63) is 23.3 Å². The summed E-state index contributed by atoms with van der Waals surface area (Å²) < 4.78 is 19.5. The van der Waals surface area contributed by atoms with E-state index in [1.54, 1.807) is 12.1 Å². The van der Waals surface area contributed by atoms with Gasteiger partial charge in [-0.25, -0.2) is 4.79 Å². The van der Waals surface area contributed by atoms with Crippen molar-refractivity contribution < 1.29 is 28.5 Å². The van der Waals surface area contributed by atoms with Crippen LogP contribution in [0, 0.1) is 0 Å². The second-order valence-electron chi connectivity index (χ2n) is 3.61. The summed E-state index contributed by atoms with van der Waals surface area (Å²) in [6.45, 7) is 0. The molecule has 1 aromatic rings. The molecular weight excluding hydrogens is 252 g/mol. The van der Waals surface area contributed by atoms with E-state index in [4.69, 9.17) is 14.2 Å². The standard InChI is InChI=1S/C13H16O6/c1-16-9-5-8(6-11(14)18-3)12(13(15)19-4)10(7-9)17-2/h5,7H,6H2,1-4H3. The van der Waals surface area contributed by atoms with Crippen LogP contribution >= 0.6 is 0 Å². The lowest BCUT2D eigenvalue weighted by Gasteiger charge is -2.13. The maximum Gasteiger partial charge on any atom is 0.341 e. The van der Waals surface area contributed by atoms with Crippen molar-refractivity contribution in [1.82, 2.24) is 0 Å². The van der Waals surface area contributed by atoms with Gasteiger partial charge in [0.05, 0.1) is 34.9 Å². The van der Waals surface area contributed by atoms with Crippen LogP contribution in [0.5, 0.6) is 11.5 Å². The third kappa shape index (κ3) is 3.37. The van der Waals surface area contributed by atoms with Gasteiger partial charge in [-0.2, -0.15) is 0 Å². The fourth-order valence-corrected chi connectivity index (χ4v) is 1.62. The van der Waals surface area contributed by atoms with Crippen molar-refractivity contribution in [2.24, 2.45) is 0 Å². The first-order chi connectivity index (χ1) is 9.07. The molecule has 0 aliphatic carbocycles. The van der Waals surface area contributed by atoms with Crippen LogP contribution in [0.4, 0.5) is 0 Å². The van der Waals surface area contributed by atoms with E-state index in [0.29, 0.717) is 11.3 Å². The average molecular weight is 268 g/mol. The van der Waals surface area contributed by atoms with Crippen molar-refractivity contribution >= 4 is 11.9 Å². The highest BCUT2D eigenvalue weighted by Crippen LogP contribution is 2.30. The van der Waals surface area contributed by atoms with E-state index in [1.807, 2.05) is 0 Å². The third-order valence-electron chi connectivity index (χ3n) is 2.56. The summed E-state index contributed by atoms with van der Waals surface area (Å²) in [5.41, 5.74) is 0.617. The molecule has 0 aromatic heterocycles. The molecule has 0 radical (unpaired) electrons. The Morgan fingerprint density at radius 1 is 1.00 bits per heavy atom. The van der Waals surface area contributed by atoms with E-state index in [9.17, 15) is 9.59 Å². The van der Waals surface area contributed by atoms with Crippen molar-refractivity contribution in [2.75, 3.05) is 28.4 Å². The molecule has 0 fully saturated rings. The maximum absolute atomic E-state index is 11.8. The van der Waals surface area contributed by atoms with Gasteiger partial charge in [0.25, 0.3) is 0 Å². The van der Waals surface area contributed by atoms with Crippen LogP contribution in [0.15, 0.2) is 12.1 Å². The number of methoxy groups -OCH3 is 4. The summed E-state index contributed by atoms with van der Waals surface area (Å²) in [6.07, 6.45) is -0.0749. The first kappa shape index (κ1) is 14.8. The molecule has 0 saturated carbocycles. The number of benzene rings is 1. The summed E-state index contributed by atoms with van der Waals surface area (Å²) >= 11 is 0. The van der Waals surface area contributed by atoms with Crippen LogP contribution in [0.25, 0.3) is 0 Å². The van der Waals surface area contributed by atoms with Gasteiger partial charge in [-0.1, -0.05) is 0 Å².